The Hall–Kier alpha value is -3.82. The summed E-state index contributed by atoms with van der Waals surface area (Å²) >= 11 is 0. The summed E-state index contributed by atoms with van der Waals surface area (Å²) < 4.78 is 26.1. The number of hydrogen-bond donors (Lipinski definition) is 2. The van der Waals surface area contributed by atoms with E-state index in [9.17, 15) is 28.0 Å². The summed E-state index contributed by atoms with van der Waals surface area (Å²) in [5.74, 6) is -4.13. The molecule has 8 nitrogen and oxygen atoms in total. The van der Waals surface area contributed by atoms with Crippen molar-refractivity contribution >= 4 is 35.1 Å². The van der Waals surface area contributed by atoms with Gasteiger partial charge in [-0.15, -0.1) is 0 Å². The molecular weight excluding hydrogens is 398 g/mol. The van der Waals surface area contributed by atoms with Crippen LogP contribution in [0.4, 0.5) is 25.0 Å². The molecule has 5 amide bonds. The van der Waals surface area contributed by atoms with Gasteiger partial charge in [0.2, 0.25) is 11.8 Å². The maximum absolute atomic E-state index is 13.2. The average molecular weight is 416 g/mol. The molecule has 10 heteroatoms. The molecule has 1 saturated heterocycles. The van der Waals surface area contributed by atoms with Crippen LogP contribution in [0.3, 0.4) is 0 Å². The van der Waals surface area contributed by atoms with Crippen LogP contribution in [0.2, 0.25) is 0 Å². The van der Waals surface area contributed by atoms with E-state index in [0.717, 1.165) is 17.0 Å². The molecule has 2 N–H and O–H groups in total. The number of para-hydroxylation sites is 1. The fraction of sp³-hybridized carbons (Fsp3) is 0.200. The van der Waals surface area contributed by atoms with Crippen LogP contribution in [-0.4, -0.2) is 47.8 Å². The molecule has 3 rings (SSSR count). The van der Waals surface area contributed by atoms with Gasteiger partial charge in [0.25, 0.3) is 5.91 Å². The van der Waals surface area contributed by atoms with E-state index in [4.69, 9.17) is 0 Å². The molecule has 2 aromatic rings. The third-order valence-corrected chi connectivity index (χ3v) is 4.43. The fourth-order valence-electron chi connectivity index (χ4n) is 2.95. The summed E-state index contributed by atoms with van der Waals surface area (Å²) in [6.07, 6.45) is 0. The number of benzene rings is 2. The standard InChI is InChI=1S/C20H18F2N4O4/c1-12-19(29)25(20(30)26(12)14-5-3-2-4-6-14)11-18(28)23-10-17(27)24-13-7-8-15(21)16(22)9-13/h2-9,12H,10-11H2,1H3,(H,23,28)(H,24,27). The number of nitrogens with zero attached hydrogens (tertiary/aromatic N) is 2. The highest BCUT2D eigenvalue weighted by Crippen LogP contribution is 2.25. The molecule has 0 saturated carbocycles. The molecule has 1 fully saturated rings. The molecular formula is C20H18F2N4O4. The van der Waals surface area contributed by atoms with E-state index < -0.39 is 54.5 Å². The lowest BCUT2D eigenvalue weighted by atomic mass is 10.2. The Morgan fingerprint density at radius 2 is 1.70 bits per heavy atom. The Kier molecular flexibility index (Phi) is 6.05. The van der Waals surface area contributed by atoms with Gasteiger partial charge in [-0.3, -0.25) is 24.2 Å². The first-order valence-electron chi connectivity index (χ1n) is 8.99. The zero-order valence-electron chi connectivity index (χ0n) is 15.9. The zero-order valence-corrected chi connectivity index (χ0v) is 15.9. The Balaban J connectivity index is 1.55. The molecule has 0 radical (unpaired) electrons. The first kappa shape index (κ1) is 20.9. The van der Waals surface area contributed by atoms with Crippen LogP contribution >= 0.6 is 0 Å². The van der Waals surface area contributed by atoms with Crippen molar-refractivity contribution in [2.45, 2.75) is 13.0 Å². The molecule has 156 valence electrons. The van der Waals surface area contributed by atoms with Gasteiger partial charge in [0.05, 0.1) is 6.54 Å². The zero-order chi connectivity index (χ0) is 21.8. The van der Waals surface area contributed by atoms with Gasteiger partial charge in [0.15, 0.2) is 11.6 Å². The lowest BCUT2D eigenvalue weighted by Crippen LogP contribution is -2.43. The van der Waals surface area contributed by atoms with Gasteiger partial charge < -0.3 is 10.6 Å². The van der Waals surface area contributed by atoms with E-state index >= 15 is 0 Å². The first-order chi connectivity index (χ1) is 14.3. The van der Waals surface area contributed by atoms with Crippen molar-refractivity contribution in [2.24, 2.45) is 0 Å². The highest BCUT2D eigenvalue weighted by Gasteiger charge is 2.43. The third-order valence-electron chi connectivity index (χ3n) is 4.43. The maximum Gasteiger partial charge on any atom is 0.332 e. The molecule has 1 aliphatic rings. The maximum atomic E-state index is 13.2. The van der Waals surface area contributed by atoms with E-state index in [1.807, 2.05) is 0 Å². The molecule has 2 aromatic carbocycles. The SMILES string of the molecule is CC1C(=O)N(CC(=O)NCC(=O)Nc2ccc(F)c(F)c2)C(=O)N1c1ccccc1. The van der Waals surface area contributed by atoms with Crippen LogP contribution in [-0.2, 0) is 14.4 Å². The minimum absolute atomic E-state index is 0.0189. The number of carbonyl (C=O) groups excluding carboxylic acids is 4. The lowest BCUT2D eigenvalue weighted by Gasteiger charge is -2.19. The number of carbonyl (C=O) groups is 4. The number of amides is 5. The lowest BCUT2D eigenvalue weighted by molar-refractivity contribution is -0.132. The molecule has 1 atom stereocenters. The van der Waals surface area contributed by atoms with Gasteiger partial charge in [-0.05, 0) is 31.2 Å². The number of nitrogens with one attached hydrogen (secondary N) is 2. The van der Waals surface area contributed by atoms with E-state index in [2.05, 4.69) is 10.6 Å². The Morgan fingerprint density at radius 3 is 2.37 bits per heavy atom. The second kappa shape index (κ2) is 8.68. The van der Waals surface area contributed by atoms with Crippen LogP contribution in [0.25, 0.3) is 0 Å². The van der Waals surface area contributed by atoms with E-state index in [-0.39, 0.29) is 5.69 Å². The summed E-state index contributed by atoms with van der Waals surface area (Å²) in [4.78, 5) is 51.1. The van der Waals surface area contributed by atoms with Gasteiger partial charge in [-0.2, -0.15) is 0 Å². The predicted octanol–water partition coefficient (Wildman–Crippen LogP) is 1.88. The summed E-state index contributed by atoms with van der Waals surface area (Å²) in [6.45, 7) is 0.524. The van der Waals surface area contributed by atoms with Crippen molar-refractivity contribution in [2.75, 3.05) is 23.3 Å². The van der Waals surface area contributed by atoms with Crippen molar-refractivity contribution in [1.82, 2.24) is 10.2 Å². The molecule has 0 aromatic heterocycles. The van der Waals surface area contributed by atoms with Crippen molar-refractivity contribution < 1.29 is 28.0 Å². The quantitative estimate of drug-likeness (QED) is 0.703. The molecule has 1 unspecified atom stereocenters. The molecule has 1 aliphatic heterocycles. The second-order valence-corrected chi connectivity index (χ2v) is 6.54. The highest BCUT2D eigenvalue weighted by molar-refractivity contribution is 6.15. The Labute approximate surface area is 170 Å². The van der Waals surface area contributed by atoms with Gasteiger partial charge >= 0.3 is 6.03 Å². The number of anilines is 2. The van der Waals surface area contributed by atoms with E-state index in [1.165, 1.54) is 11.0 Å². The van der Waals surface area contributed by atoms with Crippen molar-refractivity contribution in [3.63, 3.8) is 0 Å². The first-order valence-corrected chi connectivity index (χ1v) is 8.99. The highest BCUT2D eigenvalue weighted by atomic mass is 19.2. The number of halogens is 2. The van der Waals surface area contributed by atoms with Gasteiger partial charge in [-0.1, -0.05) is 18.2 Å². The van der Waals surface area contributed by atoms with Crippen molar-refractivity contribution in [3.8, 4) is 0 Å². The topological polar surface area (TPSA) is 98.8 Å². The summed E-state index contributed by atoms with van der Waals surface area (Å²) in [5, 5.41) is 4.58. The number of imide groups is 1. The molecule has 1 heterocycles. The normalized spacial score (nSPS) is 16.0. The van der Waals surface area contributed by atoms with Crippen LogP contribution in [0.1, 0.15) is 6.92 Å². The largest absolute Gasteiger partial charge is 0.345 e. The predicted molar refractivity (Wildman–Crippen MR) is 103 cm³/mol. The average Bonchev–Trinajstić information content (AvgIpc) is 2.93. The Bertz CT molecular complexity index is 1000. The second-order valence-electron chi connectivity index (χ2n) is 6.54. The molecule has 0 aliphatic carbocycles. The molecule has 0 bridgehead atoms. The van der Waals surface area contributed by atoms with Crippen LogP contribution in [0, 0.1) is 11.6 Å². The van der Waals surface area contributed by atoms with E-state index in [1.54, 1.807) is 37.3 Å². The minimum Gasteiger partial charge on any atom is -0.345 e. The van der Waals surface area contributed by atoms with Crippen molar-refractivity contribution in [1.29, 1.82) is 0 Å². The smallest absolute Gasteiger partial charge is 0.332 e. The number of hydrogen-bond acceptors (Lipinski definition) is 4. The fourth-order valence-corrected chi connectivity index (χ4v) is 2.95. The summed E-state index contributed by atoms with van der Waals surface area (Å²) in [7, 11) is 0. The minimum atomic E-state index is -1.13. The van der Waals surface area contributed by atoms with Gasteiger partial charge in [0, 0.05) is 17.4 Å². The van der Waals surface area contributed by atoms with E-state index in [0.29, 0.717) is 5.69 Å². The Morgan fingerprint density at radius 1 is 1.00 bits per heavy atom. The molecule has 0 spiro atoms. The van der Waals surface area contributed by atoms with Gasteiger partial charge in [-0.25, -0.2) is 13.6 Å². The van der Waals surface area contributed by atoms with Crippen LogP contribution in [0.5, 0.6) is 0 Å². The van der Waals surface area contributed by atoms with Crippen molar-refractivity contribution in [3.05, 3.63) is 60.2 Å². The molecule has 30 heavy (non-hydrogen) atoms. The third kappa shape index (κ3) is 4.43. The summed E-state index contributed by atoms with van der Waals surface area (Å²) in [6, 6.07) is 9.98. The van der Waals surface area contributed by atoms with Crippen LogP contribution in [0.15, 0.2) is 48.5 Å². The number of urea groups is 1. The summed E-state index contributed by atoms with van der Waals surface area (Å²) in [5.41, 5.74) is 0.544. The van der Waals surface area contributed by atoms with Crippen LogP contribution < -0.4 is 15.5 Å². The van der Waals surface area contributed by atoms with Gasteiger partial charge in [0.1, 0.15) is 12.6 Å². The number of rotatable bonds is 6. The monoisotopic (exact) mass is 416 g/mol.